The number of nitrogens with zero attached hydrogens (tertiary/aromatic N) is 4. The van der Waals surface area contributed by atoms with Gasteiger partial charge < -0.3 is 14.5 Å². The van der Waals surface area contributed by atoms with E-state index in [1.165, 1.54) is 0 Å². The topological polar surface area (TPSA) is 67.7 Å². The van der Waals surface area contributed by atoms with Gasteiger partial charge in [0.15, 0.2) is 0 Å². The fourth-order valence-electron chi connectivity index (χ4n) is 3.13. The molecule has 8 heteroatoms. The van der Waals surface area contributed by atoms with E-state index in [4.69, 9.17) is 16.3 Å². The molecule has 7 nitrogen and oxygen atoms in total. The molecular formula is C19H23ClN4O3. The Balaban J connectivity index is 1.49. The van der Waals surface area contributed by atoms with E-state index < -0.39 is 0 Å². The molecule has 1 aliphatic heterocycles. The molecule has 0 aliphatic carbocycles. The van der Waals surface area contributed by atoms with Crippen LogP contribution in [0.15, 0.2) is 36.7 Å². The molecule has 2 aromatic rings. The number of hydrogen-bond acceptors (Lipinski definition) is 4. The summed E-state index contributed by atoms with van der Waals surface area (Å²) in [5.74, 6) is 0.0575. The number of aromatic nitrogens is 2. The minimum absolute atomic E-state index is 0.00812. The smallest absolute Gasteiger partial charge is 0.253 e. The Morgan fingerprint density at radius 2 is 1.93 bits per heavy atom. The first-order chi connectivity index (χ1) is 13.1. The van der Waals surface area contributed by atoms with Crippen LogP contribution in [0.25, 0.3) is 0 Å². The van der Waals surface area contributed by atoms with Crippen molar-refractivity contribution in [3.05, 3.63) is 52.8 Å². The zero-order valence-corrected chi connectivity index (χ0v) is 16.1. The highest BCUT2D eigenvalue weighted by Crippen LogP contribution is 2.13. The van der Waals surface area contributed by atoms with Gasteiger partial charge in [-0.3, -0.25) is 14.3 Å². The second-order valence-corrected chi connectivity index (χ2v) is 6.91. The summed E-state index contributed by atoms with van der Waals surface area (Å²) >= 11 is 5.82. The van der Waals surface area contributed by atoms with Crippen molar-refractivity contribution in [2.45, 2.75) is 19.6 Å². The summed E-state index contributed by atoms with van der Waals surface area (Å²) in [6, 6.07) is 7.47. The maximum Gasteiger partial charge on any atom is 0.253 e. The van der Waals surface area contributed by atoms with Gasteiger partial charge in [0, 0.05) is 58.0 Å². The maximum atomic E-state index is 12.7. The van der Waals surface area contributed by atoms with Crippen LogP contribution in [-0.4, -0.2) is 64.7 Å². The molecule has 0 saturated carbocycles. The van der Waals surface area contributed by atoms with Crippen LogP contribution in [0.5, 0.6) is 0 Å². The van der Waals surface area contributed by atoms with Gasteiger partial charge in [-0.15, -0.1) is 0 Å². The first kappa shape index (κ1) is 19.4. The molecule has 1 aromatic heterocycles. The number of halogens is 1. The number of carbonyl (C=O) groups is 2. The van der Waals surface area contributed by atoms with E-state index in [1.54, 1.807) is 34.0 Å². The molecule has 27 heavy (non-hydrogen) atoms. The molecule has 0 radical (unpaired) electrons. The second kappa shape index (κ2) is 9.01. The summed E-state index contributed by atoms with van der Waals surface area (Å²) in [4.78, 5) is 28.7. The lowest BCUT2D eigenvalue weighted by Gasteiger charge is -2.35. The number of amides is 2. The monoisotopic (exact) mass is 390 g/mol. The van der Waals surface area contributed by atoms with Crippen LogP contribution >= 0.6 is 11.6 Å². The molecule has 1 saturated heterocycles. The first-order valence-electron chi connectivity index (χ1n) is 8.89. The fraction of sp³-hybridized carbons (Fsp3) is 0.421. The number of carbonyl (C=O) groups excluding carboxylic acids is 2. The maximum absolute atomic E-state index is 12.7. The van der Waals surface area contributed by atoms with Crippen LogP contribution in [0, 0.1) is 0 Å². The van der Waals surface area contributed by atoms with Crippen LogP contribution in [0.3, 0.4) is 0 Å². The molecule has 0 N–H and O–H groups in total. The molecule has 1 aliphatic rings. The van der Waals surface area contributed by atoms with Crippen molar-refractivity contribution in [1.29, 1.82) is 0 Å². The van der Waals surface area contributed by atoms with Crippen molar-refractivity contribution in [2.75, 3.05) is 33.3 Å². The first-order valence-corrected chi connectivity index (χ1v) is 9.27. The molecule has 0 atom stereocenters. The minimum atomic E-state index is -0.00812. The van der Waals surface area contributed by atoms with E-state index in [2.05, 4.69) is 5.10 Å². The predicted molar refractivity (Wildman–Crippen MR) is 101 cm³/mol. The Morgan fingerprint density at radius 1 is 1.19 bits per heavy atom. The van der Waals surface area contributed by atoms with Gasteiger partial charge in [0.1, 0.15) is 0 Å². The third kappa shape index (κ3) is 5.08. The molecule has 144 valence electrons. The average molecular weight is 391 g/mol. The van der Waals surface area contributed by atoms with E-state index in [0.717, 1.165) is 5.56 Å². The molecule has 3 rings (SSSR count). The number of piperazine rings is 1. The van der Waals surface area contributed by atoms with E-state index in [9.17, 15) is 9.59 Å². The molecule has 0 unspecified atom stereocenters. The molecular weight excluding hydrogens is 368 g/mol. The van der Waals surface area contributed by atoms with Crippen molar-refractivity contribution in [1.82, 2.24) is 19.6 Å². The minimum Gasteiger partial charge on any atom is -0.380 e. The Kier molecular flexibility index (Phi) is 6.47. The zero-order chi connectivity index (χ0) is 19.2. The van der Waals surface area contributed by atoms with E-state index in [1.807, 2.05) is 24.3 Å². The Bertz CT molecular complexity index is 800. The zero-order valence-electron chi connectivity index (χ0n) is 15.3. The number of aryl methyl sites for hydroxylation is 1. The molecule has 0 bridgehead atoms. The SMILES string of the molecule is COCc1cccc(C(=O)N2CCN(C(=O)CCn3cc(Cl)cn3)CC2)c1. The number of benzene rings is 1. The summed E-state index contributed by atoms with van der Waals surface area (Å²) in [7, 11) is 1.63. The largest absolute Gasteiger partial charge is 0.380 e. The highest BCUT2D eigenvalue weighted by molar-refractivity contribution is 6.30. The van der Waals surface area contributed by atoms with Crippen LogP contribution in [0.2, 0.25) is 5.02 Å². The third-order valence-electron chi connectivity index (χ3n) is 4.56. The summed E-state index contributed by atoms with van der Waals surface area (Å²) < 4.78 is 6.78. The van der Waals surface area contributed by atoms with E-state index in [0.29, 0.717) is 56.3 Å². The molecule has 1 fully saturated rings. The van der Waals surface area contributed by atoms with Crippen molar-refractivity contribution < 1.29 is 14.3 Å². The molecule has 1 aromatic carbocycles. The predicted octanol–water partition coefficient (Wildman–Crippen LogP) is 2.06. The van der Waals surface area contributed by atoms with Gasteiger partial charge in [-0.1, -0.05) is 23.7 Å². The summed E-state index contributed by atoms with van der Waals surface area (Å²) in [5, 5.41) is 4.63. The number of methoxy groups -OCH3 is 1. The van der Waals surface area contributed by atoms with Crippen LogP contribution in [0.4, 0.5) is 0 Å². The summed E-state index contributed by atoms with van der Waals surface area (Å²) in [5.41, 5.74) is 1.62. The molecule has 2 heterocycles. The van der Waals surface area contributed by atoms with E-state index in [-0.39, 0.29) is 11.8 Å². The Labute approximate surface area is 163 Å². The standard InChI is InChI=1S/C19H23ClN4O3/c1-27-14-15-3-2-4-16(11-15)19(26)23-9-7-22(8-10-23)18(25)5-6-24-13-17(20)12-21-24/h2-4,11-13H,5-10,14H2,1H3. The van der Waals surface area contributed by atoms with Crippen molar-refractivity contribution in [3.8, 4) is 0 Å². The van der Waals surface area contributed by atoms with Crippen LogP contribution in [0.1, 0.15) is 22.3 Å². The Hall–Kier alpha value is -2.38. The van der Waals surface area contributed by atoms with Crippen molar-refractivity contribution in [2.24, 2.45) is 0 Å². The lowest BCUT2D eigenvalue weighted by molar-refractivity contribution is -0.132. The highest BCUT2D eigenvalue weighted by Gasteiger charge is 2.24. The lowest BCUT2D eigenvalue weighted by Crippen LogP contribution is -2.50. The van der Waals surface area contributed by atoms with E-state index >= 15 is 0 Å². The lowest BCUT2D eigenvalue weighted by atomic mass is 10.1. The van der Waals surface area contributed by atoms with Gasteiger partial charge in [-0.2, -0.15) is 5.10 Å². The van der Waals surface area contributed by atoms with Crippen molar-refractivity contribution in [3.63, 3.8) is 0 Å². The highest BCUT2D eigenvalue weighted by atomic mass is 35.5. The van der Waals surface area contributed by atoms with Gasteiger partial charge in [-0.25, -0.2) is 0 Å². The number of hydrogen-bond donors (Lipinski definition) is 0. The molecule has 0 spiro atoms. The van der Waals surface area contributed by atoms with Crippen molar-refractivity contribution >= 4 is 23.4 Å². The van der Waals surface area contributed by atoms with Gasteiger partial charge in [0.25, 0.3) is 5.91 Å². The number of rotatable bonds is 6. The fourth-order valence-corrected chi connectivity index (χ4v) is 3.29. The van der Waals surface area contributed by atoms with Crippen LogP contribution in [-0.2, 0) is 22.7 Å². The van der Waals surface area contributed by atoms with Crippen LogP contribution < -0.4 is 0 Å². The average Bonchev–Trinajstić information content (AvgIpc) is 3.11. The summed E-state index contributed by atoms with van der Waals surface area (Å²) in [6.45, 7) is 3.13. The Morgan fingerprint density at radius 3 is 2.59 bits per heavy atom. The van der Waals surface area contributed by atoms with Gasteiger partial charge in [-0.05, 0) is 17.7 Å². The van der Waals surface area contributed by atoms with Gasteiger partial charge in [0.05, 0.1) is 17.8 Å². The quantitative estimate of drug-likeness (QED) is 0.757. The molecule has 2 amide bonds. The van der Waals surface area contributed by atoms with Gasteiger partial charge in [0.2, 0.25) is 5.91 Å². The second-order valence-electron chi connectivity index (χ2n) is 6.48. The normalized spacial score (nSPS) is 14.4. The third-order valence-corrected chi connectivity index (χ3v) is 4.76. The van der Waals surface area contributed by atoms with Gasteiger partial charge >= 0.3 is 0 Å². The summed E-state index contributed by atoms with van der Waals surface area (Å²) in [6.07, 6.45) is 3.62. The number of ether oxygens (including phenoxy) is 1.